The summed E-state index contributed by atoms with van der Waals surface area (Å²) in [7, 11) is -3.73. The molecule has 0 aliphatic carbocycles. The number of carbonyl (C=O) groups is 1. The van der Waals surface area contributed by atoms with E-state index in [9.17, 15) is 13.2 Å². The highest BCUT2D eigenvalue weighted by Crippen LogP contribution is 2.31. The standard InChI is InChI=1S/C21H24N4O4S2/c1-3-29-21(26)20-14(2)24(23-22-20)12-17-11-18(30)13-25(17)31(27,28)19-9-8-15-6-4-5-7-16(15)10-19/h4-10,17-18,30H,3,11-13H2,1-2H3. The normalized spacial score (nSPS) is 19.7. The Morgan fingerprint density at radius 3 is 2.71 bits per heavy atom. The van der Waals surface area contributed by atoms with Crippen LogP contribution in [-0.4, -0.2) is 58.1 Å². The minimum atomic E-state index is -3.73. The molecular formula is C21H24N4O4S2. The molecule has 10 heteroatoms. The molecule has 4 rings (SSSR count). The van der Waals surface area contributed by atoms with Gasteiger partial charge in [0.25, 0.3) is 0 Å². The molecule has 2 unspecified atom stereocenters. The van der Waals surface area contributed by atoms with Crippen LogP contribution in [0.1, 0.15) is 29.5 Å². The van der Waals surface area contributed by atoms with Crippen molar-refractivity contribution in [1.29, 1.82) is 0 Å². The van der Waals surface area contributed by atoms with E-state index in [0.717, 1.165) is 10.8 Å². The van der Waals surface area contributed by atoms with Crippen molar-refractivity contribution in [1.82, 2.24) is 19.3 Å². The molecule has 1 aromatic heterocycles. The van der Waals surface area contributed by atoms with E-state index in [-0.39, 0.29) is 35.0 Å². The van der Waals surface area contributed by atoms with Crippen LogP contribution in [0.4, 0.5) is 0 Å². The highest BCUT2D eigenvalue weighted by molar-refractivity contribution is 7.89. The molecule has 1 fully saturated rings. The summed E-state index contributed by atoms with van der Waals surface area (Å²) >= 11 is 4.55. The molecule has 3 aromatic rings. The number of carbonyl (C=O) groups excluding carboxylic acids is 1. The predicted octanol–water partition coefficient (Wildman–Crippen LogP) is 2.68. The molecule has 0 spiro atoms. The third kappa shape index (κ3) is 4.19. The molecule has 0 saturated carbocycles. The van der Waals surface area contributed by atoms with Gasteiger partial charge in [0.05, 0.1) is 23.7 Å². The zero-order chi connectivity index (χ0) is 22.2. The van der Waals surface area contributed by atoms with Gasteiger partial charge in [-0.15, -0.1) is 5.10 Å². The lowest BCUT2D eigenvalue weighted by Crippen LogP contribution is -2.38. The van der Waals surface area contributed by atoms with Crippen LogP contribution in [-0.2, 0) is 21.3 Å². The number of esters is 1. The summed E-state index contributed by atoms with van der Waals surface area (Å²) in [6.45, 7) is 4.27. The number of benzene rings is 2. The van der Waals surface area contributed by atoms with Crippen LogP contribution in [0.2, 0.25) is 0 Å². The van der Waals surface area contributed by atoms with Crippen molar-refractivity contribution < 1.29 is 17.9 Å². The van der Waals surface area contributed by atoms with E-state index < -0.39 is 16.0 Å². The number of sulfonamides is 1. The minimum absolute atomic E-state index is 0.0893. The summed E-state index contributed by atoms with van der Waals surface area (Å²) in [6, 6.07) is 12.5. The summed E-state index contributed by atoms with van der Waals surface area (Å²) < 4.78 is 35.0. The molecule has 1 saturated heterocycles. The van der Waals surface area contributed by atoms with Crippen molar-refractivity contribution >= 4 is 39.4 Å². The Labute approximate surface area is 186 Å². The fraction of sp³-hybridized carbons (Fsp3) is 0.381. The molecule has 164 valence electrons. The summed E-state index contributed by atoms with van der Waals surface area (Å²) in [4.78, 5) is 12.3. The molecule has 0 radical (unpaired) electrons. The summed E-state index contributed by atoms with van der Waals surface area (Å²) in [5.74, 6) is -0.537. The van der Waals surface area contributed by atoms with Crippen LogP contribution < -0.4 is 0 Å². The van der Waals surface area contributed by atoms with Gasteiger partial charge in [-0.25, -0.2) is 17.9 Å². The van der Waals surface area contributed by atoms with E-state index in [1.807, 2.05) is 30.3 Å². The maximum Gasteiger partial charge on any atom is 0.360 e. The molecule has 2 atom stereocenters. The van der Waals surface area contributed by atoms with Gasteiger partial charge >= 0.3 is 5.97 Å². The Hall–Kier alpha value is -2.43. The Balaban J connectivity index is 1.62. The van der Waals surface area contributed by atoms with Crippen LogP contribution in [0.3, 0.4) is 0 Å². The molecule has 1 aliphatic rings. The van der Waals surface area contributed by atoms with Crippen molar-refractivity contribution in [3.05, 3.63) is 53.9 Å². The number of nitrogens with zero attached hydrogens (tertiary/aromatic N) is 4. The van der Waals surface area contributed by atoms with E-state index in [1.54, 1.807) is 30.7 Å². The first-order valence-corrected chi connectivity index (χ1v) is 12.0. The van der Waals surface area contributed by atoms with Crippen molar-refractivity contribution in [2.24, 2.45) is 0 Å². The molecule has 0 bridgehead atoms. The fourth-order valence-electron chi connectivity index (χ4n) is 3.91. The lowest BCUT2D eigenvalue weighted by atomic mass is 10.1. The maximum absolute atomic E-state index is 13.5. The molecule has 31 heavy (non-hydrogen) atoms. The van der Waals surface area contributed by atoms with Crippen molar-refractivity contribution in [3.63, 3.8) is 0 Å². The van der Waals surface area contributed by atoms with Gasteiger partial charge in [0.15, 0.2) is 5.69 Å². The number of thiol groups is 1. The summed E-state index contributed by atoms with van der Waals surface area (Å²) in [6.07, 6.45) is 0.573. The van der Waals surface area contributed by atoms with Gasteiger partial charge in [-0.3, -0.25) is 0 Å². The minimum Gasteiger partial charge on any atom is -0.461 e. The molecular weight excluding hydrogens is 436 g/mol. The smallest absolute Gasteiger partial charge is 0.360 e. The van der Waals surface area contributed by atoms with Crippen LogP contribution in [0, 0.1) is 6.92 Å². The molecule has 2 aromatic carbocycles. The lowest BCUT2D eigenvalue weighted by Gasteiger charge is -2.24. The van der Waals surface area contributed by atoms with E-state index in [4.69, 9.17) is 4.74 Å². The predicted molar refractivity (Wildman–Crippen MR) is 120 cm³/mol. The second-order valence-corrected chi connectivity index (χ2v) is 10.2. The number of ether oxygens (including phenoxy) is 1. The monoisotopic (exact) mass is 460 g/mol. The van der Waals surface area contributed by atoms with Crippen LogP contribution in [0.25, 0.3) is 10.8 Å². The third-order valence-corrected chi connectivity index (χ3v) is 7.79. The molecule has 8 nitrogen and oxygen atoms in total. The fourth-order valence-corrected chi connectivity index (χ4v) is 6.15. The van der Waals surface area contributed by atoms with Crippen LogP contribution >= 0.6 is 12.6 Å². The highest BCUT2D eigenvalue weighted by Gasteiger charge is 2.40. The maximum atomic E-state index is 13.5. The Kier molecular flexibility index (Phi) is 6.05. The van der Waals surface area contributed by atoms with Crippen molar-refractivity contribution in [3.8, 4) is 0 Å². The van der Waals surface area contributed by atoms with Gasteiger partial charge in [0.1, 0.15) is 0 Å². The Morgan fingerprint density at radius 1 is 1.23 bits per heavy atom. The Morgan fingerprint density at radius 2 is 1.97 bits per heavy atom. The number of rotatable bonds is 6. The first-order valence-electron chi connectivity index (χ1n) is 10.1. The van der Waals surface area contributed by atoms with Gasteiger partial charge in [-0.2, -0.15) is 16.9 Å². The van der Waals surface area contributed by atoms with Gasteiger partial charge in [0.2, 0.25) is 10.0 Å². The third-order valence-electron chi connectivity index (χ3n) is 5.50. The average molecular weight is 461 g/mol. The second-order valence-electron chi connectivity index (χ2n) is 7.55. The van der Waals surface area contributed by atoms with E-state index in [1.165, 1.54) is 4.31 Å². The zero-order valence-electron chi connectivity index (χ0n) is 17.3. The van der Waals surface area contributed by atoms with Gasteiger partial charge in [-0.1, -0.05) is 35.5 Å². The first-order chi connectivity index (χ1) is 14.8. The highest BCUT2D eigenvalue weighted by atomic mass is 32.2. The largest absolute Gasteiger partial charge is 0.461 e. The molecule has 2 heterocycles. The number of fused-ring (bicyclic) bond motifs is 1. The molecule has 0 amide bonds. The molecule has 0 N–H and O–H groups in total. The SMILES string of the molecule is CCOC(=O)c1nnn(CC2CC(S)CN2S(=O)(=O)c2ccc3ccccc3c2)c1C. The number of aromatic nitrogens is 3. The van der Waals surface area contributed by atoms with Gasteiger partial charge < -0.3 is 4.74 Å². The first kappa shape index (κ1) is 21.8. The van der Waals surface area contributed by atoms with E-state index >= 15 is 0 Å². The second kappa shape index (κ2) is 8.60. The van der Waals surface area contributed by atoms with Gasteiger partial charge in [-0.05, 0) is 43.2 Å². The van der Waals surface area contributed by atoms with Gasteiger partial charge in [0, 0.05) is 17.8 Å². The van der Waals surface area contributed by atoms with E-state index in [2.05, 4.69) is 22.9 Å². The summed E-state index contributed by atoms with van der Waals surface area (Å²) in [5, 5.41) is 9.75. The van der Waals surface area contributed by atoms with E-state index in [0.29, 0.717) is 18.7 Å². The Bertz CT molecular complexity index is 1230. The topological polar surface area (TPSA) is 94.4 Å². The molecule has 1 aliphatic heterocycles. The lowest BCUT2D eigenvalue weighted by molar-refractivity contribution is 0.0518. The zero-order valence-corrected chi connectivity index (χ0v) is 19.0. The van der Waals surface area contributed by atoms with Crippen molar-refractivity contribution in [2.45, 2.75) is 43.0 Å². The van der Waals surface area contributed by atoms with Crippen molar-refractivity contribution in [2.75, 3.05) is 13.2 Å². The number of hydrogen-bond acceptors (Lipinski definition) is 7. The average Bonchev–Trinajstić information content (AvgIpc) is 3.31. The van der Waals surface area contributed by atoms with Crippen LogP contribution in [0.15, 0.2) is 47.4 Å². The van der Waals surface area contributed by atoms with Crippen LogP contribution in [0.5, 0.6) is 0 Å². The summed E-state index contributed by atoms with van der Waals surface area (Å²) in [5.41, 5.74) is 0.690. The quantitative estimate of drug-likeness (QED) is 0.449. The number of hydrogen-bond donors (Lipinski definition) is 1.